The molecule has 2 N–H and O–H groups in total. The zero-order valence-electron chi connectivity index (χ0n) is 7.48. The van der Waals surface area contributed by atoms with Crippen LogP contribution in [0.15, 0.2) is 30.6 Å². The van der Waals surface area contributed by atoms with Crippen molar-refractivity contribution in [2.24, 2.45) is 5.73 Å². The number of rotatable bonds is 2. The van der Waals surface area contributed by atoms with E-state index >= 15 is 0 Å². The summed E-state index contributed by atoms with van der Waals surface area (Å²) in [4.78, 5) is 8.34. The molecule has 1 aliphatic carbocycles. The summed E-state index contributed by atoms with van der Waals surface area (Å²) >= 11 is 0. The van der Waals surface area contributed by atoms with Crippen molar-refractivity contribution >= 4 is 0 Å². The molecule has 0 saturated heterocycles. The topological polar surface area (TPSA) is 51.8 Å². The summed E-state index contributed by atoms with van der Waals surface area (Å²) in [6.07, 6.45) is 10.4. The van der Waals surface area contributed by atoms with Gasteiger partial charge < -0.3 is 5.73 Å². The van der Waals surface area contributed by atoms with Crippen molar-refractivity contribution < 1.29 is 0 Å². The molecule has 0 aromatic carbocycles. The Bertz CT molecular complexity index is 297. The van der Waals surface area contributed by atoms with E-state index in [1.807, 2.05) is 6.07 Å². The molecule has 1 aromatic heterocycles. The van der Waals surface area contributed by atoms with Crippen LogP contribution in [0.5, 0.6) is 0 Å². The van der Waals surface area contributed by atoms with Crippen LogP contribution < -0.4 is 5.73 Å². The molecule has 1 aliphatic rings. The third kappa shape index (κ3) is 1.92. The molecule has 0 aliphatic heterocycles. The second kappa shape index (κ2) is 3.26. The van der Waals surface area contributed by atoms with Gasteiger partial charge in [0.05, 0.1) is 0 Å². The fourth-order valence-corrected chi connectivity index (χ4v) is 1.60. The standard InChI is InChI=1S/C10H13N3/c11-10(4-1-2-5-10)8-9-12-6-3-7-13-9/h1-3,6-7H,4-5,8,11H2. The third-order valence-corrected chi connectivity index (χ3v) is 2.34. The highest BCUT2D eigenvalue weighted by molar-refractivity contribution is 5.10. The molecular weight excluding hydrogens is 162 g/mol. The van der Waals surface area contributed by atoms with Crippen molar-refractivity contribution in [1.82, 2.24) is 9.97 Å². The van der Waals surface area contributed by atoms with E-state index in [4.69, 9.17) is 5.73 Å². The molecule has 0 spiro atoms. The molecule has 0 amide bonds. The first-order valence-corrected chi connectivity index (χ1v) is 4.48. The molecule has 0 bridgehead atoms. The van der Waals surface area contributed by atoms with Crippen LogP contribution in [0.3, 0.4) is 0 Å². The number of hydrogen-bond acceptors (Lipinski definition) is 3. The van der Waals surface area contributed by atoms with Gasteiger partial charge in [0, 0.05) is 24.4 Å². The molecule has 0 atom stereocenters. The fourth-order valence-electron chi connectivity index (χ4n) is 1.60. The molecule has 0 radical (unpaired) electrons. The monoisotopic (exact) mass is 175 g/mol. The predicted molar refractivity (Wildman–Crippen MR) is 51.0 cm³/mol. The largest absolute Gasteiger partial charge is 0.324 e. The van der Waals surface area contributed by atoms with Gasteiger partial charge in [-0.3, -0.25) is 0 Å². The Morgan fingerprint density at radius 2 is 1.85 bits per heavy atom. The van der Waals surface area contributed by atoms with Crippen molar-refractivity contribution in [1.29, 1.82) is 0 Å². The van der Waals surface area contributed by atoms with Gasteiger partial charge in [-0.25, -0.2) is 9.97 Å². The first-order chi connectivity index (χ1) is 6.29. The fraction of sp³-hybridized carbons (Fsp3) is 0.400. The number of nitrogens with two attached hydrogens (primary N) is 1. The molecule has 0 unspecified atom stereocenters. The molecule has 1 aromatic rings. The van der Waals surface area contributed by atoms with Crippen molar-refractivity contribution in [2.75, 3.05) is 0 Å². The van der Waals surface area contributed by atoms with Crippen molar-refractivity contribution in [3.8, 4) is 0 Å². The molecular formula is C10H13N3. The summed E-state index contributed by atoms with van der Waals surface area (Å²) in [5, 5.41) is 0. The lowest BCUT2D eigenvalue weighted by Gasteiger charge is -2.22. The minimum absolute atomic E-state index is 0.138. The Kier molecular flexibility index (Phi) is 2.10. The van der Waals surface area contributed by atoms with E-state index in [9.17, 15) is 0 Å². The van der Waals surface area contributed by atoms with E-state index in [1.54, 1.807) is 12.4 Å². The lowest BCUT2D eigenvalue weighted by atomic mass is 9.93. The quantitative estimate of drug-likeness (QED) is 0.684. The smallest absolute Gasteiger partial charge is 0.130 e. The summed E-state index contributed by atoms with van der Waals surface area (Å²) in [5.74, 6) is 0.841. The van der Waals surface area contributed by atoms with E-state index < -0.39 is 0 Å². The van der Waals surface area contributed by atoms with Gasteiger partial charge in [-0.05, 0) is 18.9 Å². The van der Waals surface area contributed by atoms with Gasteiger partial charge in [-0.15, -0.1) is 0 Å². The van der Waals surface area contributed by atoms with Crippen LogP contribution in [0, 0.1) is 0 Å². The van der Waals surface area contributed by atoms with E-state index in [-0.39, 0.29) is 5.54 Å². The maximum Gasteiger partial charge on any atom is 0.130 e. The third-order valence-electron chi connectivity index (χ3n) is 2.34. The van der Waals surface area contributed by atoms with Crippen molar-refractivity contribution in [2.45, 2.75) is 24.8 Å². The van der Waals surface area contributed by atoms with Gasteiger partial charge in [-0.1, -0.05) is 12.2 Å². The van der Waals surface area contributed by atoms with E-state index in [1.165, 1.54) is 0 Å². The maximum absolute atomic E-state index is 6.15. The zero-order chi connectivity index (χ0) is 9.15. The highest BCUT2D eigenvalue weighted by Gasteiger charge is 2.26. The zero-order valence-corrected chi connectivity index (χ0v) is 7.48. The summed E-state index contributed by atoms with van der Waals surface area (Å²) in [5.41, 5.74) is 6.01. The number of hydrogen-bond donors (Lipinski definition) is 1. The highest BCUT2D eigenvalue weighted by atomic mass is 14.9. The lowest BCUT2D eigenvalue weighted by molar-refractivity contribution is 0.442. The van der Waals surface area contributed by atoms with Crippen LogP contribution in [0.25, 0.3) is 0 Å². The number of aromatic nitrogens is 2. The maximum atomic E-state index is 6.15. The summed E-state index contributed by atoms with van der Waals surface area (Å²) < 4.78 is 0. The Labute approximate surface area is 77.7 Å². The minimum Gasteiger partial charge on any atom is -0.324 e. The van der Waals surface area contributed by atoms with Crippen LogP contribution in [0.2, 0.25) is 0 Å². The average Bonchev–Trinajstić information content (AvgIpc) is 2.54. The number of nitrogens with zero attached hydrogens (tertiary/aromatic N) is 2. The van der Waals surface area contributed by atoms with Crippen LogP contribution in [0.4, 0.5) is 0 Å². The van der Waals surface area contributed by atoms with Crippen molar-refractivity contribution in [3.05, 3.63) is 36.4 Å². The SMILES string of the molecule is NC1(Cc2ncccn2)CC=CC1. The van der Waals surface area contributed by atoms with Gasteiger partial charge in [0.25, 0.3) is 0 Å². The predicted octanol–water partition coefficient (Wildman–Crippen LogP) is 1.07. The Morgan fingerprint density at radius 1 is 1.23 bits per heavy atom. The average molecular weight is 175 g/mol. The van der Waals surface area contributed by atoms with Gasteiger partial charge in [0.2, 0.25) is 0 Å². The molecule has 0 fully saturated rings. The molecule has 3 nitrogen and oxygen atoms in total. The summed E-state index contributed by atoms with van der Waals surface area (Å²) in [7, 11) is 0. The van der Waals surface area contributed by atoms with Gasteiger partial charge in [0.15, 0.2) is 0 Å². The van der Waals surface area contributed by atoms with E-state index in [0.29, 0.717) is 0 Å². The highest BCUT2D eigenvalue weighted by Crippen LogP contribution is 2.23. The summed E-state index contributed by atoms with van der Waals surface area (Å²) in [6.45, 7) is 0. The Morgan fingerprint density at radius 3 is 2.46 bits per heavy atom. The Hall–Kier alpha value is -1.22. The first-order valence-electron chi connectivity index (χ1n) is 4.48. The normalized spacial score (nSPS) is 19.2. The second-order valence-corrected chi connectivity index (χ2v) is 3.58. The minimum atomic E-state index is -0.138. The Balaban J connectivity index is 2.06. The molecule has 3 heteroatoms. The van der Waals surface area contributed by atoms with E-state index in [2.05, 4.69) is 22.1 Å². The molecule has 13 heavy (non-hydrogen) atoms. The summed E-state index contributed by atoms with van der Waals surface area (Å²) in [6, 6.07) is 1.82. The lowest BCUT2D eigenvalue weighted by Crippen LogP contribution is -2.39. The van der Waals surface area contributed by atoms with Gasteiger partial charge >= 0.3 is 0 Å². The second-order valence-electron chi connectivity index (χ2n) is 3.58. The molecule has 0 saturated carbocycles. The van der Waals surface area contributed by atoms with Crippen LogP contribution in [-0.2, 0) is 6.42 Å². The van der Waals surface area contributed by atoms with Crippen LogP contribution >= 0.6 is 0 Å². The molecule has 68 valence electrons. The molecule has 2 rings (SSSR count). The van der Waals surface area contributed by atoms with E-state index in [0.717, 1.165) is 25.1 Å². The molecule has 1 heterocycles. The first kappa shape index (κ1) is 8.38. The van der Waals surface area contributed by atoms with Gasteiger partial charge in [-0.2, -0.15) is 0 Å². The van der Waals surface area contributed by atoms with Crippen LogP contribution in [-0.4, -0.2) is 15.5 Å². The van der Waals surface area contributed by atoms with Crippen LogP contribution in [0.1, 0.15) is 18.7 Å². The van der Waals surface area contributed by atoms with Crippen molar-refractivity contribution in [3.63, 3.8) is 0 Å². The van der Waals surface area contributed by atoms with Gasteiger partial charge in [0.1, 0.15) is 5.82 Å².